The van der Waals surface area contributed by atoms with Crippen LogP contribution in [0, 0.1) is 11.8 Å². The Morgan fingerprint density at radius 2 is 2.09 bits per heavy atom. The van der Waals surface area contributed by atoms with Crippen LogP contribution in [0.3, 0.4) is 0 Å². The summed E-state index contributed by atoms with van der Waals surface area (Å²) in [6.07, 6.45) is 2.62. The highest BCUT2D eigenvalue weighted by molar-refractivity contribution is 5.78. The number of nitrogens with zero attached hydrogens (tertiary/aromatic N) is 1. The molecule has 3 rings (SSSR count). The molecule has 1 N–H and O–H groups in total. The van der Waals surface area contributed by atoms with E-state index in [-0.39, 0.29) is 12.5 Å². The summed E-state index contributed by atoms with van der Waals surface area (Å²) in [6.45, 7) is 7.52. The number of ether oxygens (including phenoxy) is 2. The summed E-state index contributed by atoms with van der Waals surface area (Å²) < 4.78 is 11.1. The number of amides is 1. The first-order chi connectivity index (χ1) is 11.2. The summed E-state index contributed by atoms with van der Waals surface area (Å²) in [5.74, 6) is 2.52. The lowest BCUT2D eigenvalue weighted by molar-refractivity contribution is -0.132. The minimum Gasteiger partial charge on any atom is -0.493 e. The Labute approximate surface area is 137 Å². The van der Waals surface area contributed by atoms with Gasteiger partial charge in [0, 0.05) is 26.2 Å². The molecule has 2 aliphatic heterocycles. The average molecular weight is 316 g/mol. The van der Waals surface area contributed by atoms with Gasteiger partial charge in [0.15, 0.2) is 18.1 Å². The fourth-order valence-corrected chi connectivity index (χ4v) is 3.41. The zero-order valence-corrected chi connectivity index (χ0v) is 13.6. The Morgan fingerprint density at radius 3 is 2.74 bits per heavy atom. The number of benzene rings is 1. The maximum absolute atomic E-state index is 12.3. The Bertz CT molecular complexity index is 576. The molecule has 1 amide bonds. The lowest BCUT2D eigenvalue weighted by Gasteiger charge is -2.18. The van der Waals surface area contributed by atoms with Crippen molar-refractivity contribution < 1.29 is 14.3 Å². The molecule has 2 heterocycles. The quantitative estimate of drug-likeness (QED) is 0.808. The highest BCUT2D eigenvalue weighted by atomic mass is 16.5. The summed E-state index contributed by atoms with van der Waals surface area (Å²) in [5, 5.41) is 3.38. The molecule has 2 saturated heterocycles. The van der Waals surface area contributed by atoms with Crippen LogP contribution in [0.5, 0.6) is 11.5 Å². The van der Waals surface area contributed by atoms with Gasteiger partial charge < -0.3 is 19.7 Å². The largest absolute Gasteiger partial charge is 0.493 e. The standard InChI is InChI=1S/C18H24N2O3/c1-3-4-13-5-6-16(17(7-13)22-2)23-12-18(21)20-10-14-8-19-9-15(14)11-20/h3,5-7,14-15,19H,1,4,8-12H2,2H3/t14-,15+. The smallest absolute Gasteiger partial charge is 0.260 e. The number of rotatable bonds is 6. The number of hydrogen-bond acceptors (Lipinski definition) is 4. The summed E-state index contributed by atoms with van der Waals surface area (Å²) in [7, 11) is 1.61. The second-order valence-corrected chi connectivity index (χ2v) is 6.24. The number of carbonyl (C=O) groups is 1. The third-order valence-electron chi connectivity index (χ3n) is 4.70. The Balaban J connectivity index is 1.57. The van der Waals surface area contributed by atoms with E-state index >= 15 is 0 Å². The molecule has 5 nitrogen and oxygen atoms in total. The van der Waals surface area contributed by atoms with E-state index in [0.29, 0.717) is 23.3 Å². The Hall–Kier alpha value is -2.01. The van der Waals surface area contributed by atoms with Crippen LogP contribution in [0.4, 0.5) is 0 Å². The average Bonchev–Trinajstić information content (AvgIpc) is 3.15. The van der Waals surface area contributed by atoms with Crippen LogP contribution in [0.25, 0.3) is 0 Å². The third kappa shape index (κ3) is 3.50. The second-order valence-electron chi connectivity index (χ2n) is 6.24. The van der Waals surface area contributed by atoms with Crippen LogP contribution >= 0.6 is 0 Å². The van der Waals surface area contributed by atoms with E-state index in [9.17, 15) is 4.79 Å². The SMILES string of the molecule is C=CCc1ccc(OCC(=O)N2C[C@H]3CNC[C@H]3C2)c(OC)c1. The Morgan fingerprint density at radius 1 is 1.35 bits per heavy atom. The molecule has 0 aliphatic carbocycles. The highest BCUT2D eigenvalue weighted by Gasteiger charge is 2.38. The van der Waals surface area contributed by atoms with Gasteiger partial charge in [-0.1, -0.05) is 12.1 Å². The third-order valence-corrected chi connectivity index (χ3v) is 4.70. The van der Waals surface area contributed by atoms with Crippen molar-refractivity contribution in [2.24, 2.45) is 11.8 Å². The normalized spacial score (nSPS) is 22.7. The number of carbonyl (C=O) groups excluding carboxylic acids is 1. The molecule has 2 fully saturated rings. The summed E-state index contributed by atoms with van der Waals surface area (Å²) in [4.78, 5) is 14.3. The van der Waals surface area contributed by atoms with E-state index in [1.807, 2.05) is 29.2 Å². The van der Waals surface area contributed by atoms with E-state index in [2.05, 4.69) is 11.9 Å². The van der Waals surface area contributed by atoms with E-state index < -0.39 is 0 Å². The van der Waals surface area contributed by atoms with Crippen LogP contribution in [0.2, 0.25) is 0 Å². The molecule has 2 atom stereocenters. The zero-order valence-electron chi connectivity index (χ0n) is 13.6. The van der Waals surface area contributed by atoms with Gasteiger partial charge in [0.1, 0.15) is 0 Å². The van der Waals surface area contributed by atoms with E-state index in [0.717, 1.165) is 38.2 Å². The van der Waals surface area contributed by atoms with Crippen molar-refractivity contribution in [2.75, 3.05) is 39.9 Å². The number of allylic oxidation sites excluding steroid dienone is 1. The maximum Gasteiger partial charge on any atom is 0.260 e. The first kappa shape index (κ1) is 15.9. The molecule has 5 heteroatoms. The first-order valence-electron chi connectivity index (χ1n) is 8.10. The summed E-state index contributed by atoms with van der Waals surface area (Å²) >= 11 is 0. The molecule has 0 spiro atoms. The first-order valence-corrected chi connectivity index (χ1v) is 8.10. The van der Waals surface area contributed by atoms with E-state index in [4.69, 9.17) is 9.47 Å². The summed E-state index contributed by atoms with van der Waals surface area (Å²) in [6, 6.07) is 5.75. The number of methoxy groups -OCH3 is 1. The van der Waals surface area contributed by atoms with Crippen LogP contribution in [0.15, 0.2) is 30.9 Å². The predicted molar refractivity (Wildman–Crippen MR) is 88.8 cm³/mol. The van der Waals surface area contributed by atoms with Crippen LogP contribution < -0.4 is 14.8 Å². The van der Waals surface area contributed by atoms with Crippen molar-refractivity contribution in [1.82, 2.24) is 10.2 Å². The van der Waals surface area contributed by atoms with Gasteiger partial charge in [-0.05, 0) is 36.0 Å². The number of fused-ring (bicyclic) bond motifs is 1. The fraction of sp³-hybridized carbons (Fsp3) is 0.500. The highest BCUT2D eigenvalue weighted by Crippen LogP contribution is 2.29. The van der Waals surface area contributed by atoms with Gasteiger partial charge in [0.2, 0.25) is 0 Å². The monoisotopic (exact) mass is 316 g/mol. The van der Waals surface area contributed by atoms with Crippen LogP contribution in [-0.4, -0.2) is 50.7 Å². The maximum atomic E-state index is 12.3. The minimum absolute atomic E-state index is 0.0524. The van der Waals surface area contributed by atoms with Crippen molar-refractivity contribution in [1.29, 1.82) is 0 Å². The molecule has 23 heavy (non-hydrogen) atoms. The molecule has 2 aliphatic rings. The number of nitrogens with one attached hydrogen (secondary N) is 1. The molecule has 0 saturated carbocycles. The fourth-order valence-electron chi connectivity index (χ4n) is 3.41. The van der Waals surface area contributed by atoms with Crippen LogP contribution in [-0.2, 0) is 11.2 Å². The molecule has 0 radical (unpaired) electrons. The van der Waals surface area contributed by atoms with E-state index in [1.165, 1.54) is 0 Å². The van der Waals surface area contributed by atoms with Gasteiger partial charge >= 0.3 is 0 Å². The number of hydrogen-bond donors (Lipinski definition) is 1. The van der Waals surface area contributed by atoms with Crippen molar-refractivity contribution >= 4 is 5.91 Å². The Kier molecular flexibility index (Phi) is 4.86. The van der Waals surface area contributed by atoms with Crippen molar-refractivity contribution in [3.63, 3.8) is 0 Å². The zero-order chi connectivity index (χ0) is 16.2. The molecule has 0 bridgehead atoms. The summed E-state index contributed by atoms with van der Waals surface area (Å²) in [5.41, 5.74) is 1.11. The predicted octanol–water partition coefficient (Wildman–Crippen LogP) is 1.48. The van der Waals surface area contributed by atoms with Gasteiger partial charge in [-0.15, -0.1) is 6.58 Å². The molecule has 124 valence electrons. The molecular formula is C18H24N2O3. The van der Waals surface area contributed by atoms with Gasteiger partial charge in [-0.2, -0.15) is 0 Å². The van der Waals surface area contributed by atoms with Crippen molar-refractivity contribution in [3.8, 4) is 11.5 Å². The molecular weight excluding hydrogens is 292 g/mol. The molecule has 1 aromatic rings. The molecule has 1 aromatic carbocycles. The minimum atomic E-state index is 0.0524. The lowest BCUT2D eigenvalue weighted by atomic mass is 10.0. The second kappa shape index (κ2) is 7.04. The topological polar surface area (TPSA) is 50.8 Å². The van der Waals surface area contributed by atoms with Gasteiger partial charge in [-0.25, -0.2) is 0 Å². The lowest BCUT2D eigenvalue weighted by Crippen LogP contribution is -2.35. The molecule has 0 aromatic heterocycles. The van der Waals surface area contributed by atoms with E-state index in [1.54, 1.807) is 7.11 Å². The van der Waals surface area contributed by atoms with Crippen molar-refractivity contribution in [2.45, 2.75) is 6.42 Å². The van der Waals surface area contributed by atoms with Gasteiger partial charge in [-0.3, -0.25) is 4.79 Å². The molecule has 0 unspecified atom stereocenters. The van der Waals surface area contributed by atoms with Gasteiger partial charge in [0.25, 0.3) is 5.91 Å². The van der Waals surface area contributed by atoms with Gasteiger partial charge in [0.05, 0.1) is 7.11 Å². The van der Waals surface area contributed by atoms with Crippen LogP contribution in [0.1, 0.15) is 5.56 Å². The van der Waals surface area contributed by atoms with Crippen molar-refractivity contribution in [3.05, 3.63) is 36.4 Å². The number of likely N-dealkylation sites (tertiary alicyclic amines) is 1.